The number of hydrogen-bond donors (Lipinski definition) is 0. The fraction of sp³-hybridized carbons (Fsp3) is 0.556. The molecule has 0 fully saturated rings. The molecule has 0 aliphatic rings. The molecule has 0 aliphatic carbocycles. The van der Waals surface area contributed by atoms with Gasteiger partial charge in [0.05, 0.1) is 27.3 Å². The van der Waals surface area contributed by atoms with E-state index >= 15 is 0 Å². The maximum atomic E-state index is 6.62. The third-order valence-electron chi connectivity index (χ3n) is 5.30. The maximum Gasteiger partial charge on any atom is 0.133 e. The van der Waals surface area contributed by atoms with Crippen LogP contribution in [0.3, 0.4) is 0 Å². The van der Waals surface area contributed by atoms with Gasteiger partial charge in [-0.05, 0) is 36.8 Å². The van der Waals surface area contributed by atoms with E-state index in [1.54, 1.807) is 0 Å². The molecule has 0 N–H and O–H groups in total. The normalized spacial score (nSPS) is 12.1. The van der Waals surface area contributed by atoms with Crippen LogP contribution in [0.4, 0.5) is 0 Å². The Morgan fingerprint density at radius 2 is 1.32 bits per heavy atom. The number of likely N-dealkylation sites (N-methyl/N-ethyl adjacent to an activating group) is 1. The molecule has 0 radical (unpaired) electrons. The smallest absolute Gasteiger partial charge is 0.133 e. The van der Waals surface area contributed by atoms with E-state index in [1.807, 2.05) is 18.2 Å². The maximum absolute atomic E-state index is 6.62. The molecule has 0 spiro atoms. The summed E-state index contributed by atoms with van der Waals surface area (Å²) in [5.41, 5.74) is 1.07. The van der Waals surface area contributed by atoms with Crippen LogP contribution < -0.4 is 17.1 Å². The Balaban J connectivity index is 0.00000480. The molecule has 2 aromatic rings. The average Bonchev–Trinajstić information content (AvgIpc) is 2.65. The lowest BCUT2D eigenvalue weighted by atomic mass is 9.85. The van der Waals surface area contributed by atoms with Crippen LogP contribution in [0.2, 0.25) is 0 Å². The standard InChI is InChI=1S/C27H42NO2.ClH/c1-23(2)19-27(20-24(3)4,30-26-15-11-8-12-16-26)22-29-18-17-28(5,6)21-25-13-9-7-10-14-25;/h7-16,23-24H,17-22H2,1-6H3;1H/q+1;/p-1. The molecule has 0 aliphatic heterocycles. The molecule has 0 saturated heterocycles. The summed E-state index contributed by atoms with van der Waals surface area (Å²) < 4.78 is 13.8. The highest BCUT2D eigenvalue weighted by Gasteiger charge is 2.35. The van der Waals surface area contributed by atoms with E-state index in [2.05, 4.69) is 84.3 Å². The van der Waals surface area contributed by atoms with E-state index in [9.17, 15) is 0 Å². The zero-order chi connectivity index (χ0) is 22.0. The fourth-order valence-electron chi connectivity index (χ4n) is 4.27. The predicted molar refractivity (Wildman–Crippen MR) is 127 cm³/mol. The molecule has 0 heterocycles. The van der Waals surface area contributed by atoms with Gasteiger partial charge in [-0.3, -0.25) is 0 Å². The quantitative estimate of drug-likeness (QED) is 0.347. The lowest BCUT2D eigenvalue weighted by Crippen LogP contribution is -3.00. The molecule has 0 amide bonds. The Labute approximate surface area is 196 Å². The summed E-state index contributed by atoms with van der Waals surface area (Å²) in [6.45, 7) is 12.4. The average molecular weight is 448 g/mol. The molecule has 31 heavy (non-hydrogen) atoms. The summed E-state index contributed by atoms with van der Waals surface area (Å²) in [4.78, 5) is 0. The Morgan fingerprint density at radius 3 is 1.84 bits per heavy atom. The lowest BCUT2D eigenvalue weighted by Gasteiger charge is -2.38. The zero-order valence-electron chi connectivity index (χ0n) is 20.3. The van der Waals surface area contributed by atoms with Gasteiger partial charge in [0.2, 0.25) is 0 Å². The van der Waals surface area contributed by atoms with Crippen LogP contribution >= 0.6 is 0 Å². The second-order valence-electron chi connectivity index (χ2n) is 10.1. The van der Waals surface area contributed by atoms with Crippen molar-refractivity contribution >= 4 is 0 Å². The number of rotatable bonds is 13. The minimum Gasteiger partial charge on any atom is -1.00 e. The van der Waals surface area contributed by atoms with Gasteiger partial charge in [-0.1, -0.05) is 76.2 Å². The molecule has 0 bridgehead atoms. The topological polar surface area (TPSA) is 18.5 Å². The summed E-state index contributed by atoms with van der Waals surface area (Å²) in [7, 11) is 4.54. The van der Waals surface area contributed by atoms with Gasteiger partial charge in [0.15, 0.2) is 0 Å². The van der Waals surface area contributed by atoms with E-state index in [0.29, 0.717) is 18.4 Å². The van der Waals surface area contributed by atoms with Crippen molar-refractivity contribution in [3.63, 3.8) is 0 Å². The number of quaternary nitrogens is 1. The molecule has 0 atom stereocenters. The summed E-state index contributed by atoms with van der Waals surface area (Å²) in [5.74, 6) is 2.02. The predicted octanol–water partition coefficient (Wildman–Crippen LogP) is 3.19. The molecule has 0 unspecified atom stereocenters. The van der Waals surface area contributed by atoms with Crippen LogP contribution in [0, 0.1) is 11.8 Å². The first-order valence-corrected chi connectivity index (χ1v) is 11.4. The highest BCUT2D eigenvalue weighted by Crippen LogP contribution is 2.31. The first kappa shape index (κ1) is 27.5. The first-order chi connectivity index (χ1) is 14.2. The Kier molecular flexibility index (Phi) is 11.6. The molecule has 2 aromatic carbocycles. The fourth-order valence-corrected chi connectivity index (χ4v) is 4.27. The summed E-state index contributed by atoms with van der Waals surface area (Å²) in [5, 5.41) is 0. The van der Waals surface area contributed by atoms with Gasteiger partial charge in [0, 0.05) is 5.56 Å². The van der Waals surface area contributed by atoms with E-state index in [1.165, 1.54) is 5.56 Å². The van der Waals surface area contributed by atoms with Gasteiger partial charge in [0.25, 0.3) is 0 Å². The van der Waals surface area contributed by atoms with Crippen LogP contribution in [-0.4, -0.2) is 43.9 Å². The van der Waals surface area contributed by atoms with Gasteiger partial charge in [-0.25, -0.2) is 0 Å². The number of halogens is 1. The second-order valence-corrected chi connectivity index (χ2v) is 10.1. The van der Waals surface area contributed by atoms with Gasteiger partial charge >= 0.3 is 0 Å². The Bertz CT molecular complexity index is 707. The third-order valence-corrected chi connectivity index (χ3v) is 5.30. The summed E-state index contributed by atoms with van der Waals surface area (Å²) in [6, 6.07) is 20.9. The molecule has 174 valence electrons. The highest BCUT2D eigenvalue weighted by atomic mass is 35.5. The molecular weight excluding hydrogens is 406 g/mol. The van der Waals surface area contributed by atoms with E-state index in [-0.39, 0.29) is 18.0 Å². The van der Waals surface area contributed by atoms with Gasteiger partial charge in [-0.15, -0.1) is 0 Å². The SMILES string of the molecule is CC(C)CC(COCC[N+](C)(C)Cc1ccccc1)(CC(C)C)Oc1ccccc1.[Cl-]. The number of benzene rings is 2. The van der Waals surface area contributed by atoms with Crippen molar-refractivity contribution in [3.05, 3.63) is 66.2 Å². The van der Waals surface area contributed by atoms with Crippen molar-refractivity contribution in [2.24, 2.45) is 11.8 Å². The number of hydrogen-bond acceptors (Lipinski definition) is 2. The molecule has 3 nitrogen and oxygen atoms in total. The van der Waals surface area contributed by atoms with Crippen molar-refractivity contribution in [3.8, 4) is 5.75 Å². The Morgan fingerprint density at radius 1 is 0.806 bits per heavy atom. The van der Waals surface area contributed by atoms with Crippen LogP contribution in [0.25, 0.3) is 0 Å². The molecule has 4 heteroatoms. The van der Waals surface area contributed by atoms with Crippen molar-refractivity contribution in [1.29, 1.82) is 0 Å². The van der Waals surface area contributed by atoms with E-state index in [4.69, 9.17) is 9.47 Å². The summed E-state index contributed by atoms with van der Waals surface area (Å²) in [6.07, 6.45) is 1.98. The largest absolute Gasteiger partial charge is 1.00 e. The van der Waals surface area contributed by atoms with Crippen molar-refractivity contribution in [2.75, 3.05) is 33.9 Å². The monoisotopic (exact) mass is 447 g/mol. The first-order valence-electron chi connectivity index (χ1n) is 11.4. The minimum atomic E-state index is -0.291. The highest BCUT2D eigenvalue weighted by molar-refractivity contribution is 5.22. The second kappa shape index (κ2) is 13.1. The van der Waals surface area contributed by atoms with Crippen LogP contribution in [0.5, 0.6) is 5.75 Å². The van der Waals surface area contributed by atoms with Crippen LogP contribution in [0.15, 0.2) is 60.7 Å². The van der Waals surface area contributed by atoms with E-state index < -0.39 is 0 Å². The van der Waals surface area contributed by atoms with Gasteiger partial charge in [-0.2, -0.15) is 0 Å². The van der Waals surface area contributed by atoms with Crippen molar-refractivity contribution in [2.45, 2.75) is 52.7 Å². The van der Waals surface area contributed by atoms with Crippen molar-refractivity contribution < 1.29 is 26.4 Å². The van der Waals surface area contributed by atoms with Crippen molar-refractivity contribution in [1.82, 2.24) is 0 Å². The Hall–Kier alpha value is -1.55. The molecular formula is C27H42ClNO2. The van der Waals surface area contributed by atoms with Gasteiger partial charge in [0.1, 0.15) is 24.4 Å². The summed E-state index contributed by atoms with van der Waals surface area (Å²) >= 11 is 0. The number of para-hydroxylation sites is 1. The van der Waals surface area contributed by atoms with Gasteiger partial charge < -0.3 is 26.4 Å². The molecule has 0 aromatic heterocycles. The van der Waals surface area contributed by atoms with Crippen LogP contribution in [0.1, 0.15) is 46.1 Å². The zero-order valence-corrected chi connectivity index (χ0v) is 21.1. The van der Waals surface area contributed by atoms with Crippen LogP contribution in [-0.2, 0) is 11.3 Å². The van der Waals surface area contributed by atoms with E-state index in [0.717, 1.165) is 42.8 Å². The molecule has 2 rings (SSSR count). The third kappa shape index (κ3) is 10.5. The minimum absolute atomic E-state index is 0. The number of ether oxygens (including phenoxy) is 2. The number of nitrogens with zero attached hydrogens (tertiary/aromatic N) is 1. The molecule has 0 saturated carbocycles. The lowest BCUT2D eigenvalue weighted by molar-refractivity contribution is -0.904.